The first kappa shape index (κ1) is 14.7. The fourth-order valence-corrected chi connectivity index (χ4v) is 2.00. The van der Waals surface area contributed by atoms with E-state index in [1.54, 1.807) is 0 Å². The molecule has 0 bridgehead atoms. The highest BCUT2D eigenvalue weighted by atomic mass is 16.3. The Hall–Kier alpha value is -1.39. The number of aliphatic hydroxyl groups is 1. The van der Waals surface area contributed by atoms with Gasteiger partial charge in [-0.25, -0.2) is 0 Å². The monoisotopic (exact) mass is 249 g/mol. The average Bonchev–Trinajstić information content (AvgIpc) is 2.58. The number of nitrogens with zero attached hydrogens (tertiary/aromatic N) is 3. The molecule has 1 unspecified atom stereocenters. The van der Waals surface area contributed by atoms with E-state index < -0.39 is 6.10 Å². The minimum absolute atomic E-state index is 0.442. The van der Waals surface area contributed by atoms with Gasteiger partial charge < -0.3 is 5.11 Å². The van der Waals surface area contributed by atoms with Gasteiger partial charge in [-0.05, 0) is 19.9 Å². The van der Waals surface area contributed by atoms with Gasteiger partial charge in [0.25, 0.3) is 0 Å². The molecule has 0 amide bonds. The van der Waals surface area contributed by atoms with Crippen LogP contribution in [-0.2, 0) is 6.54 Å². The first-order valence-corrected chi connectivity index (χ1v) is 6.20. The first-order valence-electron chi connectivity index (χ1n) is 6.20. The maximum Gasteiger partial charge on any atom is 0.0863 e. The summed E-state index contributed by atoms with van der Waals surface area (Å²) < 4.78 is 1.85. The SMILES string of the molecule is C=CCN(CC=C)CC(O)Cn1nc(C)cc1C. The summed E-state index contributed by atoms with van der Waals surface area (Å²) in [5.74, 6) is 0. The van der Waals surface area contributed by atoms with Crippen LogP contribution in [0.4, 0.5) is 0 Å². The van der Waals surface area contributed by atoms with Crippen molar-refractivity contribution in [2.75, 3.05) is 19.6 Å². The molecule has 0 radical (unpaired) electrons. The van der Waals surface area contributed by atoms with Crippen LogP contribution in [0.2, 0.25) is 0 Å². The molecule has 1 rings (SSSR count). The van der Waals surface area contributed by atoms with Gasteiger partial charge in [0.15, 0.2) is 0 Å². The number of aliphatic hydroxyl groups excluding tert-OH is 1. The summed E-state index contributed by atoms with van der Waals surface area (Å²) in [4.78, 5) is 2.09. The second-order valence-electron chi connectivity index (χ2n) is 4.56. The number of aromatic nitrogens is 2. The standard InChI is InChI=1S/C14H23N3O/c1-5-7-16(8-6-2)10-14(18)11-17-13(4)9-12(3)15-17/h5-6,9,14,18H,1-2,7-8,10-11H2,3-4H3. The van der Waals surface area contributed by atoms with E-state index in [-0.39, 0.29) is 0 Å². The van der Waals surface area contributed by atoms with E-state index in [1.165, 1.54) is 0 Å². The second-order valence-corrected chi connectivity index (χ2v) is 4.56. The zero-order valence-electron chi connectivity index (χ0n) is 11.3. The van der Waals surface area contributed by atoms with E-state index in [2.05, 4.69) is 23.2 Å². The van der Waals surface area contributed by atoms with E-state index in [4.69, 9.17) is 0 Å². The Balaban J connectivity index is 2.53. The van der Waals surface area contributed by atoms with E-state index in [9.17, 15) is 5.11 Å². The van der Waals surface area contributed by atoms with Crippen molar-refractivity contribution in [3.05, 3.63) is 42.8 Å². The summed E-state index contributed by atoms with van der Waals surface area (Å²) in [6.45, 7) is 14.0. The highest BCUT2D eigenvalue weighted by Gasteiger charge is 2.12. The Bertz CT molecular complexity index is 388. The Morgan fingerprint density at radius 2 is 2.00 bits per heavy atom. The summed E-state index contributed by atoms with van der Waals surface area (Å²) in [6, 6.07) is 2.01. The molecule has 0 aliphatic heterocycles. The quantitative estimate of drug-likeness (QED) is 0.710. The molecule has 1 N–H and O–H groups in total. The van der Waals surface area contributed by atoms with Crippen LogP contribution in [0.3, 0.4) is 0 Å². The molecule has 0 aromatic carbocycles. The van der Waals surface area contributed by atoms with Crippen molar-refractivity contribution in [3.8, 4) is 0 Å². The zero-order valence-corrected chi connectivity index (χ0v) is 11.3. The molecule has 0 aliphatic carbocycles. The molecule has 4 nitrogen and oxygen atoms in total. The highest BCUT2D eigenvalue weighted by Crippen LogP contribution is 2.04. The molecule has 0 saturated carbocycles. The molecule has 1 heterocycles. The number of rotatable bonds is 8. The molecule has 1 aromatic heterocycles. The summed E-state index contributed by atoms with van der Waals surface area (Å²) >= 11 is 0. The van der Waals surface area contributed by atoms with Crippen LogP contribution < -0.4 is 0 Å². The summed E-state index contributed by atoms with van der Waals surface area (Å²) in [6.07, 6.45) is 3.22. The van der Waals surface area contributed by atoms with E-state index >= 15 is 0 Å². The highest BCUT2D eigenvalue weighted by molar-refractivity contribution is 5.06. The van der Waals surface area contributed by atoms with Crippen molar-refractivity contribution in [1.82, 2.24) is 14.7 Å². The Kier molecular flexibility index (Phi) is 5.82. The lowest BCUT2D eigenvalue weighted by Crippen LogP contribution is -2.35. The molecule has 1 aromatic rings. The van der Waals surface area contributed by atoms with Crippen LogP contribution in [0.25, 0.3) is 0 Å². The van der Waals surface area contributed by atoms with Crippen molar-refractivity contribution in [1.29, 1.82) is 0 Å². The Morgan fingerprint density at radius 3 is 2.44 bits per heavy atom. The van der Waals surface area contributed by atoms with Gasteiger partial charge in [-0.15, -0.1) is 13.2 Å². The van der Waals surface area contributed by atoms with Gasteiger partial charge in [-0.1, -0.05) is 12.2 Å². The molecular formula is C14H23N3O. The minimum Gasteiger partial charge on any atom is -0.390 e. The fraction of sp³-hybridized carbons (Fsp3) is 0.500. The molecule has 1 atom stereocenters. The van der Waals surface area contributed by atoms with Gasteiger partial charge in [0.1, 0.15) is 0 Å². The van der Waals surface area contributed by atoms with E-state index in [0.29, 0.717) is 13.1 Å². The molecule has 0 saturated heterocycles. The molecule has 4 heteroatoms. The van der Waals surface area contributed by atoms with Gasteiger partial charge in [-0.2, -0.15) is 5.10 Å². The van der Waals surface area contributed by atoms with Crippen molar-refractivity contribution >= 4 is 0 Å². The van der Waals surface area contributed by atoms with Crippen LogP contribution in [0.5, 0.6) is 0 Å². The van der Waals surface area contributed by atoms with Crippen molar-refractivity contribution in [2.45, 2.75) is 26.5 Å². The Morgan fingerprint density at radius 1 is 1.39 bits per heavy atom. The predicted octanol–water partition coefficient (Wildman–Crippen LogP) is 1.53. The molecule has 100 valence electrons. The van der Waals surface area contributed by atoms with E-state index in [0.717, 1.165) is 24.5 Å². The number of hydrogen-bond donors (Lipinski definition) is 1. The smallest absolute Gasteiger partial charge is 0.0863 e. The lowest BCUT2D eigenvalue weighted by atomic mass is 10.3. The predicted molar refractivity (Wildman–Crippen MR) is 74.5 cm³/mol. The second kappa shape index (κ2) is 7.13. The molecule has 18 heavy (non-hydrogen) atoms. The maximum absolute atomic E-state index is 10.1. The van der Waals surface area contributed by atoms with Crippen LogP contribution in [0.15, 0.2) is 31.4 Å². The van der Waals surface area contributed by atoms with Gasteiger partial charge in [-0.3, -0.25) is 9.58 Å². The maximum atomic E-state index is 10.1. The lowest BCUT2D eigenvalue weighted by molar-refractivity contribution is 0.104. The summed E-state index contributed by atoms with van der Waals surface area (Å²) in [5, 5.41) is 14.4. The number of hydrogen-bond acceptors (Lipinski definition) is 3. The lowest BCUT2D eigenvalue weighted by Gasteiger charge is -2.22. The third-order valence-corrected chi connectivity index (χ3v) is 2.73. The van der Waals surface area contributed by atoms with Crippen LogP contribution in [0.1, 0.15) is 11.4 Å². The van der Waals surface area contributed by atoms with Crippen molar-refractivity contribution < 1.29 is 5.11 Å². The molecule has 0 aliphatic rings. The fourth-order valence-electron chi connectivity index (χ4n) is 2.00. The first-order chi connectivity index (χ1) is 8.56. The Labute approximate surface area is 109 Å². The van der Waals surface area contributed by atoms with Gasteiger partial charge in [0.2, 0.25) is 0 Å². The average molecular weight is 249 g/mol. The van der Waals surface area contributed by atoms with Gasteiger partial charge in [0, 0.05) is 25.3 Å². The third-order valence-electron chi connectivity index (χ3n) is 2.73. The largest absolute Gasteiger partial charge is 0.390 e. The number of aryl methyl sites for hydroxylation is 2. The van der Waals surface area contributed by atoms with Crippen LogP contribution >= 0.6 is 0 Å². The van der Waals surface area contributed by atoms with Crippen LogP contribution in [-0.4, -0.2) is 45.5 Å². The van der Waals surface area contributed by atoms with Gasteiger partial charge in [0.05, 0.1) is 18.3 Å². The van der Waals surface area contributed by atoms with Crippen molar-refractivity contribution in [3.63, 3.8) is 0 Å². The minimum atomic E-state index is -0.442. The normalized spacial score (nSPS) is 12.7. The topological polar surface area (TPSA) is 41.3 Å². The van der Waals surface area contributed by atoms with Crippen LogP contribution in [0, 0.1) is 13.8 Å². The summed E-state index contributed by atoms with van der Waals surface area (Å²) in [7, 11) is 0. The van der Waals surface area contributed by atoms with Gasteiger partial charge >= 0.3 is 0 Å². The third kappa shape index (κ3) is 4.47. The van der Waals surface area contributed by atoms with E-state index in [1.807, 2.05) is 36.7 Å². The molecule has 0 spiro atoms. The molecule has 0 fully saturated rings. The zero-order chi connectivity index (χ0) is 13.5. The van der Waals surface area contributed by atoms with Crippen molar-refractivity contribution in [2.24, 2.45) is 0 Å². The summed E-state index contributed by atoms with van der Waals surface area (Å²) in [5.41, 5.74) is 2.05. The molecular weight excluding hydrogens is 226 g/mol.